The smallest absolute Gasteiger partial charge is 0.250 e. The maximum absolute atomic E-state index is 11.8. The highest BCUT2D eigenvalue weighted by Gasteiger charge is 2.27. The van der Waals surface area contributed by atoms with E-state index in [1.807, 2.05) is 18.5 Å². The quantitative estimate of drug-likeness (QED) is 0.553. The molecule has 3 aromatic rings. The van der Waals surface area contributed by atoms with Crippen LogP contribution in [0, 0.1) is 13.8 Å². The van der Waals surface area contributed by atoms with Crippen LogP contribution in [0.4, 0.5) is 0 Å². The molecule has 0 aromatic carbocycles. The molecule has 0 saturated heterocycles. The second-order valence-corrected chi connectivity index (χ2v) is 8.89. The molecule has 172 valence electrons. The van der Waals surface area contributed by atoms with Crippen LogP contribution >= 0.6 is 0 Å². The van der Waals surface area contributed by atoms with E-state index in [0.29, 0.717) is 17.7 Å². The lowest BCUT2D eigenvalue weighted by Gasteiger charge is -2.35. The largest absolute Gasteiger partial charge is 0.366 e. The Morgan fingerprint density at radius 2 is 2.09 bits per heavy atom. The molecule has 1 amide bonds. The highest BCUT2D eigenvalue weighted by atomic mass is 16.1. The predicted molar refractivity (Wildman–Crippen MR) is 128 cm³/mol. The SMILES string of the molecule is Cc1cnc(CN(CCCc2[nH]c(=O)ccc2C(N)=O)C2CCCc3cccnc32)c(C)c1. The van der Waals surface area contributed by atoms with Gasteiger partial charge in [0.1, 0.15) is 0 Å². The third-order valence-electron chi connectivity index (χ3n) is 6.42. The highest BCUT2D eigenvalue weighted by Crippen LogP contribution is 2.34. The molecular formula is C26H31N5O2. The van der Waals surface area contributed by atoms with Gasteiger partial charge in [-0.2, -0.15) is 0 Å². The predicted octanol–water partition coefficient (Wildman–Crippen LogP) is 3.39. The molecule has 1 atom stereocenters. The average Bonchev–Trinajstić information content (AvgIpc) is 2.79. The Kier molecular flexibility index (Phi) is 6.99. The summed E-state index contributed by atoms with van der Waals surface area (Å²) >= 11 is 0. The monoisotopic (exact) mass is 445 g/mol. The highest BCUT2D eigenvalue weighted by molar-refractivity contribution is 5.93. The molecule has 33 heavy (non-hydrogen) atoms. The van der Waals surface area contributed by atoms with Gasteiger partial charge in [0.15, 0.2) is 0 Å². The first-order chi connectivity index (χ1) is 15.9. The number of primary amides is 1. The third-order valence-corrected chi connectivity index (χ3v) is 6.42. The van der Waals surface area contributed by atoms with Gasteiger partial charge >= 0.3 is 0 Å². The first kappa shape index (κ1) is 22.9. The van der Waals surface area contributed by atoms with E-state index in [-0.39, 0.29) is 11.6 Å². The summed E-state index contributed by atoms with van der Waals surface area (Å²) in [5.41, 5.74) is 12.1. The number of carbonyl (C=O) groups is 1. The van der Waals surface area contributed by atoms with E-state index < -0.39 is 5.91 Å². The summed E-state index contributed by atoms with van der Waals surface area (Å²) in [4.78, 5) is 38.3. The Hall–Kier alpha value is -3.32. The molecule has 1 unspecified atom stereocenters. The molecule has 7 nitrogen and oxygen atoms in total. The molecule has 0 bridgehead atoms. The Bertz CT molecular complexity index is 1200. The summed E-state index contributed by atoms with van der Waals surface area (Å²) in [5, 5.41) is 0. The number of hydrogen-bond acceptors (Lipinski definition) is 5. The number of aryl methyl sites for hydroxylation is 4. The zero-order valence-electron chi connectivity index (χ0n) is 19.3. The Balaban J connectivity index is 1.58. The maximum Gasteiger partial charge on any atom is 0.250 e. The third kappa shape index (κ3) is 5.37. The zero-order valence-corrected chi connectivity index (χ0v) is 19.3. The van der Waals surface area contributed by atoms with Gasteiger partial charge in [0.25, 0.3) is 0 Å². The Labute approximate surface area is 194 Å². The maximum atomic E-state index is 11.8. The number of nitrogens with one attached hydrogen (secondary N) is 1. The van der Waals surface area contributed by atoms with Crippen molar-refractivity contribution < 1.29 is 4.79 Å². The van der Waals surface area contributed by atoms with E-state index >= 15 is 0 Å². The fourth-order valence-corrected chi connectivity index (χ4v) is 4.79. The van der Waals surface area contributed by atoms with E-state index in [9.17, 15) is 9.59 Å². The summed E-state index contributed by atoms with van der Waals surface area (Å²) in [6.07, 6.45) is 8.35. The number of hydrogen-bond donors (Lipinski definition) is 2. The van der Waals surface area contributed by atoms with Crippen molar-refractivity contribution >= 4 is 5.91 Å². The molecule has 3 N–H and O–H groups in total. The molecule has 0 saturated carbocycles. The summed E-state index contributed by atoms with van der Waals surface area (Å²) < 4.78 is 0. The van der Waals surface area contributed by atoms with Gasteiger partial charge in [-0.05, 0) is 81.3 Å². The number of carbonyl (C=O) groups excluding carboxylic acids is 1. The standard InChI is InChI=1S/C26H31N5O2/c1-17-14-18(2)22(29-15-17)16-31(23-9-3-6-19-7-4-12-28-25(19)23)13-5-8-21-20(26(27)33)10-11-24(32)30-21/h4,7,10-12,14-15,23H,3,5-6,8-9,13,16H2,1-2H3,(H2,27,33)(H,30,32). The van der Waals surface area contributed by atoms with Crippen molar-refractivity contribution in [1.82, 2.24) is 19.9 Å². The lowest BCUT2D eigenvalue weighted by atomic mass is 9.90. The van der Waals surface area contributed by atoms with Gasteiger partial charge in [0, 0.05) is 30.7 Å². The van der Waals surface area contributed by atoms with Crippen molar-refractivity contribution in [2.45, 2.75) is 58.5 Å². The normalized spacial score (nSPS) is 15.4. The fraction of sp³-hybridized carbons (Fsp3) is 0.385. The number of pyridine rings is 3. The molecule has 7 heteroatoms. The van der Waals surface area contributed by atoms with E-state index in [1.54, 1.807) is 0 Å². The van der Waals surface area contributed by atoms with Gasteiger partial charge in [-0.1, -0.05) is 12.1 Å². The van der Waals surface area contributed by atoms with Gasteiger partial charge in [0.05, 0.1) is 23.0 Å². The van der Waals surface area contributed by atoms with Gasteiger partial charge in [-0.3, -0.25) is 24.5 Å². The number of rotatable bonds is 8. The first-order valence-corrected chi connectivity index (χ1v) is 11.5. The zero-order chi connectivity index (χ0) is 23.4. The van der Waals surface area contributed by atoms with Crippen LogP contribution < -0.4 is 11.3 Å². The van der Waals surface area contributed by atoms with Crippen LogP contribution in [-0.2, 0) is 19.4 Å². The molecule has 3 heterocycles. The number of nitrogens with zero attached hydrogens (tertiary/aromatic N) is 3. The van der Waals surface area contributed by atoms with Crippen LogP contribution in [0.3, 0.4) is 0 Å². The van der Waals surface area contributed by atoms with Crippen LogP contribution in [0.25, 0.3) is 0 Å². The van der Waals surface area contributed by atoms with E-state index in [1.165, 1.54) is 23.3 Å². The van der Waals surface area contributed by atoms with Crippen molar-refractivity contribution in [2.75, 3.05) is 6.54 Å². The molecule has 0 fully saturated rings. The number of aromatic amines is 1. The van der Waals surface area contributed by atoms with Gasteiger partial charge < -0.3 is 10.7 Å². The first-order valence-electron chi connectivity index (χ1n) is 11.5. The molecule has 4 rings (SSSR count). The minimum atomic E-state index is -0.525. The van der Waals surface area contributed by atoms with Crippen LogP contribution in [0.5, 0.6) is 0 Å². The van der Waals surface area contributed by atoms with Crippen LogP contribution in [0.1, 0.15) is 69.4 Å². The van der Waals surface area contributed by atoms with E-state index in [0.717, 1.165) is 55.7 Å². The van der Waals surface area contributed by atoms with Crippen molar-refractivity contribution in [3.05, 3.63) is 92.4 Å². The second kappa shape index (κ2) is 10.1. The minimum absolute atomic E-state index is 0.211. The molecule has 0 aliphatic heterocycles. The minimum Gasteiger partial charge on any atom is -0.366 e. The van der Waals surface area contributed by atoms with Gasteiger partial charge in [-0.25, -0.2) is 0 Å². The number of nitrogens with two attached hydrogens (primary N) is 1. The fourth-order valence-electron chi connectivity index (χ4n) is 4.79. The summed E-state index contributed by atoms with van der Waals surface area (Å²) in [5.74, 6) is -0.525. The van der Waals surface area contributed by atoms with Crippen molar-refractivity contribution in [3.8, 4) is 0 Å². The number of fused-ring (bicyclic) bond motifs is 1. The van der Waals surface area contributed by atoms with E-state index in [4.69, 9.17) is 15.7 Å². The van der Waals surface area contributed by atoms with Crippen LogP contribution in [-0.4, -0.2) is 32.3 Å². The van der Waals surface area contributed by atoms with Crippen molar-refractivity contribution in [2.24, 2.45) is 5.73 Å². The molecule has 0 radical (unpaired) electrons. The number of aromatic nitrogens is 3. The summed E-state index contributed by atoms with van der Waals surface area (Å²) in [7, 11) is 0. The molecule has 1 aliphatic carbocycles. The Morgan fingerprint density at radius 1 is 1.24 bits per heavy atom. The van der Waals surface area contributed by atoms with Crippen LogP contribution in [0.2, 0.25) is 0 Å². The lowest BCUT2D eigenvalue weighted by molar-refractivity contribution is 0.0998. The van der Waals surface area contributed by atoms with Crippen LogP contribution in [0.15, 0.2) is 47.5 Å². The molecule has 0 spiro atoms. The summed E-state index contributed by atoms with van der Waals surface area (Å²) in [6.45, 7) is 5.67. The van der Waals surface area contributed by atoms with E-state index in [2.05, 4.69) is 35.9 Å². The number of H-pyrrole nitrogens is 1. The summed E-state index contributed by atoms with van der Waals surface area (Å²) in [6, 6.07) is 9.41. The van der Waals surface area contributed by atoms with Crippen molar-refractivity contribution in [3.63, 3.8) is 0 Å². The second-order valence-electron chi connectivity index (χ2n) is 8.89. The lowest BCUT2D eigenvalue weighted by Crippen LogP contribution is -2.33. The average molecular weight is 446 g/mol. The van der Waals surface area contributed by atoms with Gasteiger partial charge in [-0.15, -0.1) is 0 Å². The molecular weight excluding hydrogens is 414 g/mol. The molecule has 3 aromatic heterocycles. The Morgan fingerprint density at radius 3 is 2.88 bits per heavy atom. The van der Waals surface area contributed by atoms with Crippen molar-refractivity contribution in [1.29, 1.82) is 0 Å². The molecule has 1 aliphatic rings. The number of amides is 1. The topological polar surface area (TPSA) is 105 Å². The van der Waals surface area contributed by atoms with Gasteiger partial charge in [0.2, 0.25) is 11.5 Å².